The fourth-order valence-corrected chi connectivity index (χ4v) is 1.83. The molecule has 1 amide bonds. The molecule has 0 aliphatic heterocycles. The summed E-state index contributed by atoms with van der Waals surface area (Å²) in [5, 5.41) is 2.42. The third-order valence-corrected chi connectivity index (χ3v) is 2.78. The summed E-state index contributed by atoms with van der Waals surface area (Å²) in [6, 6.07) is 0.174. The van der Waals surface area contributed by atoms with Crippen molar-refractivity contribution in [1.29, 1.82) is 0 Å². The van der Waals surface area contributed by atoms with E-state index in [9.17, 15) is 4.79 Å². The molecule has 2 nitrogen and oxygen atoms in total. The highest BCUT2D eigenvalue weighted by Gasteiger charge is 2.14. The maximum absolute atomic E-state index is 11.3. The molecule has 0 radical (unpaired) electrons. The lowest BCUT2D eigenvalue weighted by atomic mass is 10.3. The molecule has 78 valence electrons. The van der Waals surface area contributed by atoms with Gasteiger partial charge in [0.2, 0.25) is 5.91 Å². The Bertz CT molecular complexity index is 153. The highest BCUT2D eigenvalue weighted by Crippen LogP contribution is 2.09. The van der Waals surface area contributed by atoms with Crippen LogP contribution in [-0.4, -0.2) is 28.8 Å². The number of nitrogens with one attached hydrogen (secondary N) is 1. The molecule has 1 atom stereocenters. The lowest BCUT2D eigenvalue weighted by Gasteiger charge is -2.12. The van der Waals surface area contributed by atoms with Gasteiger partial charge in [-0.2, -0.15) is 11.8 Å². The highest BCUT2D eigenvalue weighted by molar-refractivity contribution is 7.99. The maximum Gasteiger partial charge on any atom is 0.238 e. The van der Waals surface area contributed by atoms with Gasteiger partial charge in [-0.1, -0.05) is 6.92 Å². The van der Waals surface area contributed by atoms with Crippen LogP contribution in [0.1, 0.15) is 27.2 Å². The second-order valence-corrected chi connectivity index (χ2v) is 5.04. The van der Waals surface area contributed by atoms with Gasteiger partial charge in [0, 0.05) is 6.04 Å². The van der Waals surface area contributed by atoms with Crippen molar-refractivity contribution in [2.45, 2.75) is 38.6 Å². The van der Waals surface area contributed by atoms with E-state index in [1.165, 1.54) is 0 Å². The van der Waals surface area contributed by atoms with E-state index in [4.69, 9.17) is 11.6 Å². The quantitative estimate of drug-likeness (QED) is 0.553. The van der Waals surface area contributed by atoms with Gasteiger partial charge >= 0.3 is 0 Å². The molecular weight excluding hydrogens is 206 g/mol. The third kappa shape index (κ3) is 7.20. The van der Waals surface area contributed by atoms with Crippen molar-refractivity contribution in [2.75, 3.05) is 11.5 Å². The van der Waals surface area contributed by atoms with E-state index < -0.39 is 0 Å². The number of rotatable bonds is 6. The van der Waals surface area contributed by atoms with Crippen LogP contribution in [0.4, 0.5) is 0 Å². The summed E-state index contributed by atoms with van der Waals surface area (Å²) in [6.07, 6.45) is 0.749. The molecule has 0 aliphatic rings. The number of amides is 1. The third-order valence-electron chi connectivity index (χ3n) is 1.44. The Balaban J connectivity index is 3.57. The zero-order valence-corrected chi connectivity index (χ0v) is 10.0. The van der Waals surface area contributed by atoms with E-state index in [-0.39, 0.29) is 17.3 Å². The van der Waals surface area contributed by atoms with Gasteiger partial charge in [-0.3, -0.25) is 4.79 Å². The van der Waals surface area contributed by atoms with E-state index in [1.807, 2.05) is 25.6 Å². The van der Waals surface area contributed by atoms with Crippen LogP contribution >= 0.6 is 23.4 Å². The van der Waals surface area contributed by atoms with E-state index in [2.05, 4.69) is 12.2 Å². The van der Waals surface area contributed by atoms with Gasteiger partial charge in [-0.05, 0) is 31.8 Å². The molecule has 0 aromatic carbocycles. The molecule has 0 saturated carbocycles. The average Bonchev–Trinajstić information content (AvgIpc) is 2.03. The van der Waals surface area contributed by atoms with Crippen molar-refractivity contribution in [3.63, 3.8) is 0 Å². The molecule has 0 aromatic heterocycles. The van der Waals surface area contributed by atoms with Crippen LogP contribution in [0.2, 0.25) is 0 Å². The van der Waals surface area contributed by atoms with Crippen LogP contribution in [0.15, 0.2) is 0 Å². The SMILES string of the molecule is CCSCCC(Cl)C(=O)NC(C)C. The summed E-state index contributed by atoms with van der Waals surface area (Å²) >= 11 is 7.69. The fraction of sp³-hybridized carbons (Fsp3) is 0.889. The molecule has 0 saturated heterocycles. The summed E-state index contributed by atoms with van der Waals surface area (Å²) in [7, 11) is 0. The van der Waals surface area contributed by atoms with Gasteiger partial charge in [0.25, 0.3) is 0 Å². The first-order valence-electron chi connectivity index (χ1n) is 4.60. The minimum atomic E-state index is -0.374. The molecule has 0 rings (SSSR count). The Morgan fingerprint density at radius 1 is 1.54 bits per heavy atom. The summed E-state index contributed by atoms with van der Waals surface area (Å²) in [6.45, 7) is 5.96. The van der Waals surface area contributed by atoms with Crippen molar-refractivity contribution in [2.24, 2.45) is 0 Å². The first-order chi connectivity index (χ1) is 6.07. The number of alkyl halides is 1. The van der Waals surface area contributed by atoms with Gasteiger partial charge in [0.05, 0.1) is 0 Å². The molecule has 0 aromatic rings. The Morgan fingerprint density at radius 3 is 2.62 bits per heavy atom. The number of carbonyl (C=O) groups is 1. The van der Waals surface area contributed by atoms with Crippen molar-refractivity contribution >= 4 is 29.3 Å². The molecule has 4 heteroatoms. The number of hydrogen-bond donors (Lipinski definition) is 1. The van der Waals surface area contributed by atoms with Crippen LogP contribution in [0.5, 0.6) is 0 Å². The smallest absolute Gasteiger partial charge is 0.238 e. The van der Waals surface area contributed by atoms with Crippen molar-refractivity contribution < 1.29 is 4.79 Å². The second kappa shape index (κ2) is 7.51. The normalized spacial score (nSPS) is 13.0. The molecule has 0 fully saturated rings. The molecule has 13 heavy (non-hydrogen) atoms. The van der Waals surface area contributed by atoms with Crippen LogP contribution in [0.3, 0.4) is 0 Å². The summed E-state index contributed by atoms with van der Waals surface area (Å²) in [4.78, 5) is 11.3. The number of thioether (sulfide) groups is 1. The molecule has 0 heterocycles. The Labute approximate surface area is 89.8 Å². The van der Waals surface area contributed by atoms with E-state index in [0.717, 1.165) is 17.9 Å². The van der Waals surface area contributed by atoms with Crippen LogP contribution < -0.4 is 5.32 Å². The fourth-order valence-electron chi connectivity index (χ4n) is 0.837. The Hall–Kier alpha value is 0.110. The van der Waals surface area contributed by atoms with Gasteiger partial charge < -0.3 is 5.32 Å². The second-order valence-electron chi connectivity index (χ2n) is 3.12. The Kier molecular flexibility index (Phi) is 7.57. The molecule has 0 aliphatic carbocycles. The monoisotopic (exact) mass is 223 g/mol. The lowest BCUT2D eigenvalue weighted by molar-refractivity contribution is -0.121. The van der Waals surface area contributed by atoms with Crippen molar-refractivity contribution in [3.8, 4) is 0 Å². The zero-order chi connectivity index (χ0) is 10.3. The summed E-state index contributed by atoms with van der Waals surface area (Å²) < 4.78 is 0. The largest absolute Gasteiger partial charge is 0.353 e. The van der Waals surface area contributed by atoms with Gasteiger partial charge in [-0.15, -0.1) is 11.6 Å². The van der Waals surface area contributed by atoms with Gasteiger partial charge in [-0.25, -0.2) is 0 Å². The molecule has 0 bridgehead atoms. The van der Waals surface area contributed by atoms with Crippen LogP contribution in [0.25, 0.3) is 0 Å². The first kappa shape index (κ1) is 13.1. The van der Waals surface area contributed by atoms with Crippen LogP contribution in [0, 0.1) is 0 Å². The number of halogens is 1. The minimum absolute atomic E-state index is 0.0478. The average molecular weight is 224 g/mol. The molecule has 1 N–H and O–H groups in total. The molecule has 1 unspecified atom stereocenters. The summed E-state index contributed by atoms with van der Waals surface area (Å²) in [5.74, 6) is 1.99. The van der Waals surface area contributed by atoms with E-state index >= 15 is 0 Å². The van der Waals surface area contributed by atoms with Gasteiger partial charge in [0.1, 0.15) is 5.38 Å². The highest BCUT2D eigenvalue weighted by atomic mass is 35.5. The lowest BCUT2D eigenvalue weighted by Crippen LogP contribution is -2.36. The molecular formula is C9H18ClNOS. The van der Waals surface area contributed by atoms with Crippen molar-refractivity contribution in [3.05, 3.63) is 0 Å². The van der Waals surface area contributed by atoms with Crippen LogP contribution in [-0.2, 0) is 4.79 Å². The maximum atomic E-state index is 11.3. The number of carbonyl (C=O) groups excluding carboxylic acids is 1. The number of hydrogen-bond acceptors (Lipinski definition) is 2. The van der Waals surface area contributed by atoms with Crippen molar-refractivity contribution in [1.82, 2.24) is 5.32 Å². The zero-order valence-electron chi connectivity index (χ0n) is 8.47. The van der Waals surface area contributed by atoms with E-state index in [0.29, 0.717) is 0 Å². The summed E-state index contributed by atoms with van der Waals surface area (Å²) in [5.41, 5.74) is 0. The standard InChI is InChI=1S/C9H18ClNOS/c1-4-13-6-5-8(10)9(12)11-7(2)3/h7-8H,4-6H2,1-3H3,(H,11,12). The predicted molar refractivity (Wildman–Crippen MR) is 60.5 cm³/mol. The topological polar surface area (TPSA) is 29.1 Å². The Morgan fingerprint density at radius 2 is 2.15 bits per heavy atom. The van der Waals surface area contributed by atoms with Gasteiger partial charge in [0.15, 0.2) is 0 Å². The minimum Gasteiger partial charge on any atom is -0.353 e. The molecule has 0 spiro atoms. The first-order valence-corrected chi connectivity index (χ1v) is 6.19. The predicted octanol–water partition coefficient (Wildman–Crippen LogP) is 2.26. The van der Waals surface area contributed by atoms with E-state index in [1.54, 1.807) is 0 Å².